The van der Waals surface area contributed by atoms with Gasteiger partial charge in [0.2, 0.25) is 0 Å². The van der Waals surface area contributed by atoms with Crippen LogP contribution in [0.2, 0.25) is 0 Å². The molecule has 0 aliphatic heterocycles. The van der Waals surface area contributed by atoms with Crippen molar-refractivity contribution in [2.24, 2.45) is 0 Å². The van der Waals surface area contributed by atoms with Crippen molar-refractivity contribution >= 4 is 32.1 Å². The van der Waals surface area contributed by atoms with Gasteiger partial charge < -0.3 is 5.32 Å². The first-order valence-corrected chi connectivity index (χ1v) is 8.71. The van der Waals surface area contributed by atoms with Gasteiger partial charge in [0.25, 0.3) is 0 Å². The molecule has 1 nitrogen and oxygen atoms in total. The first-order valence-electron chi connectivity index (χ1n) is 7.02. The molecule has 1 aromatic carbocycles. The molecule has 3 rings (SSSR count). The molecule has 0 fully saturated rings. The Morgan fingerprint density at radius 2 is 1.90 bits per heavy atom. The number of likely N-dealkylation sites (N-methyl/N-ethyl adjacent to an activating group) is 1. The van der Waals surface area contributed by atoms with Crippen LogP contribution in [0.5, 0.6) is 0 Å². The second-order valence-electron chi connectivity index (χ2n) is 5.10. The van der Waals surface area contributed by atoms with Crippen molar-refractivity contribution in [3.63, 3.8) is 0 Å². The molecule has 0 saturated heterocycles. The summed E-state index contributed by atoms with van der Waals surface area (Å²) >= 11 is 3.76. The van der Waals surface area contributed by atoms with E-state index in [0.717, 1.165) is 13.0 Å². The number of benzene rings is 1. The minimum absolute atomic E-state index is 0.423. The Bertz CT molecular complexity index is 650. The maximum Gasteiger partial charge on any atom is 0.0456 e. The summed E-state index contributed by atoms with van der Waals surface area (Å²) in [6.45, 7) is 5.32. The smallest absolute Gasteiger partial charge is 0.0456 e. The lowest BCUT2D eigenvalue weighted by molar-refractivity contribution is 0.558. The zero-order valence-electron chi connectivity index (χ0n) is 11.8. The summed E-state index contributed by atoms with van der Waals surface area (Å²) in [5, 5.41) is 5.80. The average Bonchev–Trinajstić information content (AvgIpc) is 3.01. The van der Waals surface area contributed by atoms with E-state index in [1.807, 2.05) is 22.7 Å². The zero-order valence-corrected chi connectivity index (χ0v) is 13.5. The largest absolute Gasteiger partial charge is 0.309 e. The van der Waals surface area contributed by atoms with Crippen LogP contribution < -0.4 is 5.32 Å². The molecule has 0 bridgehead atoms. The molecule has 0 spiro atoms. The van der Waals surface area contributed by atoms with Crippen LogP contribution in [0, 0.1) is 6.92 Å². The third-order valence-electron chi connectivity index (χ3n) is 3.51. The third-order valence-corrected chi connectivity index (χ3v) is 5.72. The fourth-order valence-corrected chi connectivity index (χ4v) is 4.63. The summed E-state index contributed by atoms with van der Waals surface area (Å²) < 4.78 is 2.83. The van der Waals surface area contributed by atoms with Gasteiger partial charge in [0.15, 0.2) is 0 Å². The second kappa shape index (κ2) is 6.08. The molecule has 0 amide bonds. The molecule has 0 aliphatic carbocycles. The van der Waals surface area contributed by atoms with Crippen LogP contribution in [0.3, 0.4) is 0 Å². The molecule has 2 heterocycles. The lowest BCUT2D eigenvalue weighted by Crippen LogP contribution is -2.22. The highest BCUT2D eigenvalue weighted by Crippen LogP contribution is 2.34. The predicted octanol–water partition coefficient (Wildman–Crippen LogP) is 5.16. The number of rotatable bonds is 5. The van der Waals surface area contributed by atoms with E-state index in [4.69, 9.17) is 0 Å². The van der Waals surface area contributed by atoms with Gasteiger partial charge in [-0.2, -0.15) is 0 Å². The zero-order chi connectivity index (χ0) is 13.9. The highest BCUT2D eigenvalue weighted by Gasteiger charge is 2.14. The summed E-state index contributed by atoms with van der Waals surface area (Å²) in [6, 6.07) is 13.9. The molecule has 2 aromatic heterocycles. The van der Waals surface area contributed by atoms with E-state index >= 15 is 0 Å². The maximum atomic E-state index is 3.63. The first-order chi connectivity index (χ1) is 9.76. The number of hydrogen-bond donors (Lipinski definition) is 1. The van der Waals surface area contributed by atoms with Crippen LogP contribution in [0.15, 0.2) is 41.8 Å². The van der Waals surface area contributed by atoms with Gasteiger partial charge in [-0.15, -0.1) is 22.7 Å². The summed E-state index contributed by atoms with van der Waals surface area (Å²) in [4.78, 5) is 1.45. The van der Waals surface area contributed by atoms with Gasteiger partial charge >= 0.3 is 0 Å². The van der Waals surface area contributed by atoms with Gasteiger partial charge in [-0.3, -0.25) is 0 Å². The lowest BCUT2D eigenvalue weighted by Gasteiger charge is -2.16. The van der Waals surface area contributed by atoms with Crippen molar-refractivity contribution in [1.29, 1.82) is 0 Å². The molecular weight excluding hydrogens is 282 g/mol. The molecule has 3 aromatic rings. The van der Waals surface area contributed by atoms with Crippen LogP contribution in [-0.2, 0) is 6.42 Å². The van der Waals surface area contributed by atoms with Crippen LogP contribution in [-0.4, -0.2) is 6.54 Å². The van der Waals surface area contributed by atoms with E-state index in [1.54, 1.807) is 0 Å². The summed E-state index contributed by atoms with van der Waals surface area (Å²) in [7, 11) is 0. The SMILES string of the molecule is CCNC(Cc1ccc(C)cc1)c1cc2sccc2s1. The summed E-state index contributed by atoms with van der Waals surface area (Å²) in [5.74, 6) is 0. The van der Waals surface area contributed by atoms with Crippen molar-refractivity contribution in [2.45, 2.75) is 26.3 Å². The number of nitrogens with one attached hydrogen (secondary N) is 1. The quantitative estimate of drug-likeness (QED) is 0.686. The number of thiophene rings is 2. The van der Waals surface area contributed by atoms with E-state index in [2.05, 4.69) is 60.9 Å². The van der Waals surface area contributed by atoms with Gasteiger partial charge in [0.1, 0.15) is 0 Å². The Morgan fingerprint density at radius 3 is 2.60 bits per heavy atom. The van der Waals surface area contributed by atoms with Crippen molar-refractivity contribution < 1.29 is 0 Å². The highest BCUT2D eigenvalue weighted by molar-refractivity contribution is 7.26. The normalized spacial score (nSPS) is 12.9. The van der Waals surface area contributed by atoms with Gasteiger partial charge in [0.05, 0.1) is 0 Å². The summed E-state index contributed by atoms with van der Waals surface area (Å²) in [6.07, 6.45) is 1.06. The average molecular weight is 301 g/mol. The molecule has 104 valence electrons. The van der Waals surface area contributed by atoms with Crippen molar-refractivity contribution in [3.05, 3.63) is 57.8 Å². The molecule has 0 saturated carbocycles. The van der Waals surface area contributed by atoms with Crippen LogP contribution in [0.1, 0.15) is 29.0 Å². The molecule has 20 heavy (non-hydrogen) atoms. The maximum absolute atomic E-state index is 3.63. The summed E-state index contributed by atoms with van der Waals surface area (Å²) in [5.41, 5.74) is 2.73. The minimum atomic E-state index is 0.423. The van der Waals surface area contributed by atoms with Gasteiger partial charge in [-0.25, -0.2) is 0 Å². The van der Waals surface area contributed by atoms with Gasteiger partial charge in [0, 0.05) is 20.3 Å². The monoisotopic (exact) mass is 301 g/mol. The standard InChI is InChI=1S/C17H19NS2/c1-3-18-14(10-13-6-4-12(2)5-7-13)16-11-17-15(20-16)8-9-19-17/h4-9,11,14,18H,3,10H2,1-2H3. The Labute approximate surface area is 128 Å². The van der Waals surface area contributed by atoms with Gasteiger partial charge in [-0.1, -0.05) is 36.8 Å². The lowest BCUT2D eigenvalue weighted by atomic mass is 10.0. The molecular formula is C17H19NS2. The topological polar surface area (TPSA) is 12.0 Å². The Morgan fingerprint density at radius 1 is 1.10 bits per heavy atom. The number of aryl methyl sites for hydroxylation is 1. The van der Waals surface area contributed by atoms with Crippen LogP contribution in [0.25, 0.3) is 9.40 Å². The molecule has 0 aliphatic rings. The van der Waals surface area contributed by atoms with E-state index in [9.17, 15) is 0 Å². The molecule has 1 unspecified atom stereocenters. The Kier molecular flexibility index (Phi) is 4.20. The first kappa shape index (κ1) is 13.8. The number of fused-ring (bicyclic) bond motifs is 1. The van der Waals surface area contributed by atoms with E-state index < -0.39 is 0 Å². The Balaban J connectivity index is 1.84. The van der Waals surface area contributed by atoms with Crippen molar-refractivity contribution in [1.82, 2.24) is 5.32 Å². The van der Waals surface area contributed by atoms with E-state index in [0.29, 0.717) is 6.04 Å². The van der Waals surface area contributed by atoms with Crippen LogP contribution >= 0.6 is 22.7 Å². The Hall–Kier alpha value is -1.16. The van der Waals surface area contributed by atoms with Crippen molar-refractivity contribution in [3.8, 4) is 0 Å². The van der Waals surface area contributed by atoms with Crippen molar-refractivity contribution in [2.75, 3.05) is 6.54 Å². The second-order valence-corrected chi connectivity index (χ2v) is 7.16. The molecule has 0 radical (unpaired) electrons. The van der Waals surface area contributed by atoms with E-state index in [1.165, 1.54) is 25.4 Å². The third kappa shape index (κ3) is 2.95. The van der Waals surface area contributed by atoms with Crippen LogP contribution in [0.4, 0.5) is 0 Å². The highest BCUT2D eigenvalue weighted by atomic mass is 32.1. The minimum Gasteiger partial charge on any atom is -0.309 e. The predicted molar refractivity (Wildman–Crippen MR) is 91.0 cm³/mol. The number of hydrogen-bond acceptors (Lipinski definition) is 3. The molecule has 1 N–H and O–H groups in total. The fraction of sp³-hybridized carbons (Fsp3) is 0.294. The molecule has 3 heteroatoms. The van der Waals surface area contributed by atoms with Gasteiger partial charge in [-0.05, 0) is 43.0 Å². The molecule has 1 atom stereocenters. The fourth-order valence-electron chi connectivity index (χ4n) is 2.44. The van der Waals surface area contributed by atoms with E-state index in [-0.39, 0.29) is 0 Å².